The van der Waals surface area contributed by atoms with Crippen molar-refractivity contribution in [3.63, 3.8) is 0 Å². The molecule has 2 heteroatoms. The van der Waals surface area contributed by atoms with Crippen LogP contribution >= 0.6 is 0 Å². The van der Waals surface area contributed by atoms with Crippen molar-refractivity contribution < 1.29 is 0 Å². The number of hydrogen-bond donors (Lipinski definition) is 1. The van der Waals surface area contributed by atoms with Crippen LogP contribution in [-0.4, -0.2) is 12.0 Å². The molecule has 11 heavy (non-hydrogen) atoms. The molecule has 0 aliphatic carbocycles. The highest BCUT2D eigenvalue weighted by molar-refractivity contribution is 5.43. The van der Waals surface area contributed by atoms with Gasteiger partial charge in [-0.3, -0.25) is 4.98 Å². The third-order valence-electron chi connectivity index (χ3n) is 1.81. The normalized spacial score (nSPS) is 9.73. The third kappa shape index (κ3) is 1.70. The summed E-state index contributed by atoms with van der Waals surface area (Å²) in [6, 6.07) is 2.12. The summed E-state index contributed by atoms with van der Waals surface area (Å²) in [7, 11) is 1.90. The molecule has 0 amide bonds. The maximum atomic E-state index is 4.31. The molecule has 0 radical (unpaired) electrons. The van der Waals surface area contributed by atoms with Gasteiger partial charge in [-0.25, -0.2) is 0 Å². The van der Waals surface area contributed by atoms with Gasteiger partial charge in [0.05, 0.1) is 11.9 Å². The molecule has 0 saturated carbocycles. The highest BCUT2D eigenvalue weighted by atomic mass is 14.8. The highest BCUT2D eigenvalue weighted by Crippen LogP contribution is 2.11. The van der Waals surface area contributed by atoms with Crippen molar-refractivity contribution in [2.24, 2.45) is 0 Å². The van der Waals surface area contributed by atoms with Crippen molar-refractivity contribution in [3.8, 4) is 0 Å². The molecule has 0 aliphatic heterocycles. The summed E-state index contributed by atoms with van der Waals surface area (Å²) in [6.07, 6.45) is 2.88. The lowest BCUT2D eigenvalue weighted by Crippen LogP contribution is -1.95. The molecular weight excluding hydrogens is 136 g/mol. The van der Waals surface area contributed by atoms with Gasteiger partial charge >= 0.3 is 0 Å². The summed E-state index contributed by atoms with van der Waals surface area (Å²) >= 11 is 0. The van der Waals surface area contributed by atoms with E-state index in [0.29, 0.717) is 0 Å². The van der Waals surface area contributed by atoms with Crippen molar-refractivity contribution in [3.05, 3.63) is 23.5 Å². The standard InChI is InChI=1S/C9H14N2/c1-4-9-7(2)5-8(10-3)6-11-9/h5-6,10H,4H2,1-3H3. The minimum Gasteiger partial charge on any atom is -0.387 e. The zero-order chi connectivity index (χ0) is 8.27. The first kappa shape index (κ1) is 8.05. The fourth-order valence-corrected chi connectivity index (χ4v) is 1.11. The number of hydrogen-bond acceptors (Lipinski definition) is 2. The van der Waals surface area contributed by atoms with Crippen LogP contribution in [0.5, 0.6) is 0 Å². The Hall–Kier alpha value is -1.05. The molecule has 0 aromatic carbocycles. The molecule has 0 atom stereocenters. The predicted octanol–water partition coefficient (Wildman–Crippen LogP) is 1.99. The van der Waals surface area contributed by atoms with E-state index in [-0.39, 0.29) is 0 Å². The molecule has 0 aliphatic rings. The van der Waals surface area contributed by atoms with Crippen LogP contribution in [0, 0.1) is 6.92 Å². The average molecular weight is 150 g/mol. The van der Waals surface area contributed by atoms with Crippen LogP contribution in [0.4, 0.5) is 5.69 Å². The molecule has 2 nitrogen and oxygen atoms in total. The van der Waals surface area contributed by atoms with E-state index in [1.807, 2.05) is 13.2 Å². The Balaban J connectivity index is 2.99. The first-order valence-electron chi connectivity index (χ1n) is 3.91. The summed E-state index contributed by atoms with van der Waals surface area (Å²) in [4.78, 5) is 4.31. The first-order chi connectivity index (χ1) is 5.27. The molecule has 60 valence electrons. The average Bonchev–Trinajstić information content (AvgIpc) is 2.04. The van der Waals surface area contributed by atoms with Crippen LogP contribution in [-0.2, 0) is 6.42 Å². The summed E-state index contributed by atoms with van der Waals surface area (Å²) < 4.78 is 0. The molecule has 0 unspecified atom stereocenters. The van der Waals surface area contributed by atoms with Gasteiger partial charge in [0, 0.05) is 12.7 Å². The summed E-state index contributed by atoms with van der Waals surface area (Å²) in [5, 5.41) is 3.06. The molecule has 1 rings (SSSR count). The topological polar surface area (TPSA) is 24.9 Å². The Kier molecular flexibility index (Phi) is 2.47. The van der Waals surface area contributed by atoms with Gasteiger partial charge in [-0.1, -0.05) is 6.92 Å². The maximum Gasteiger partial charge on any atom is 0.0527 e. The third-order valence-corrected chi connectivity index (χ3v) is 1.81. The zero-order valence-electron chi connectivity index (χ0n) is 7.31. The fourth-order valence-electron chi connectivity index (χ4n) is 1.11. The van der Waals surface area contributed by atoms with Gasteiger partial charge in [0.2, 0.25) is 0 Å². The quantitative estimate of drug-likeness (QED) is 0.697. The van der Waals surface area contributed by atoms with Crippen LogP contribution in [0.1, 0.15) is 18.2 Å². The number of aromatic nitrogens is 1. The minimum absolute atomic E-state index is 1.01. The predicted molar refractivity (Wildman–Crippen MR) is 47.9 cm³/mol. The Morgan fingerprint density at radius 2 is 2.27 bits per heavy atom. The Labute approximate surface area is 67.7 Å². The Morgan fingerprint density at radius 3 is 2.73 bits per heavy atom. The Morgan fingerprint density at radius 1 is 1.55 bits per heavy atom. The SMILES string of the molecule is CCc1ncc(NC)cc1C. The summed E-state index contributed by atoms with van der Waals surface area (Å²) in [5.41, 5.74) is 3.53. The maximum absolute atomic E-state index is 4.31. The van der Waals surface area contributed by atoms with Gasteiger partial charge < -0.3 is 5.32 Å². The van der Waals surface area contributed by atoms with Crippen LogP contribution in [0.2, 0.25) is 0 Å². The number of aryl methyl sites for hydroxylation is 2. The number of pyridine rings is 1. The van der Waals surface area contributed by atoms with Crippen molar-refractivity contribution in [2.45, 2.75) is 20.3 Å². The second-order valence-corrected chi connectivity index (χ2v) is 2.59. The minimum atomic E-state index is 1.01. The van der Waals surface area contributed by atoms with Crippen molar-refractivity contribution in [2.75, 3.05) is 12.4 Å². The smallest absolute Gasteiger partial charge is 0.0527 e. The molecule has 1 heterocycles. The molecular formula is C9H14N2. The van der Waals surface area contributed by atoms with E-state index in [4.69, 9.17) is 0 Å². The summed E-state index contributed by atoms with van der Waals surface area (Å²) in [6.45, 7) is 4.21. The molecule has 1 N–H and O–H groups in total. The summed E-state index contributed by atoms with van der Waals surface area (Å²) in [5.74, 6) is 0. The van der Waals surface area contributed by atoms with Crippen LogP contribution in [0.25, 0.3) is 0 Å². The second-order valence-electron chi connectivity index (χ2n) is 2.59. The molecule has 0 fully saturated rings. The molecule has 0 spiro atoms. The lowest BCUT2D eigenvalue weighted by molar-refractivity contribution is 1.01. The largest absolute Gasteiger partial charge is 0.387 e. The van der Waals surface area contributed by atoms with Crippen LogP contribution < -0.4 is 5.32 Å². The van der Waals surface area contributed by atoms with Gasteiger partial charge in [0.1, 0.15) is 0 Å². The number of nitrogens with one attached hydrogen (secondary N) is 1. The van der Waals surface area contributed by atoms with Gasteiger partial charge in [-0.15, -0.1) is 0 Å². The van der Waals surface area contributed by atoms with E-state index in [9.17, 15) is 0 Å². The molecule has 1 aromatic heterocycles. The van der Waals surface area contributed by atoms with Gasteiger partial charge in [-0.05, 0) is 25.0 Å². The molecule has 1 aromatic rings. The van der Waals surface area contributed by atoms with E-state index in [0.717, 1.165) is 12.1 Å². The van der Waals surface area contributed by atoms with E-state index >= 15 is 0 Å². The zero-order valence-corrected chi connectivity index (χ0v) is 7.31. The van der Waals surface area contributed by atoms with Crippen LogP contribution in [0.3, 0.4) is 0 Å². The lowest BCUT2D eigenvalue weighted by Gasteiger charge is -2.04. The van der Waals surface area contributed by atoms with E-state index in [2.05, 4.69) is 30.2 Å². The Bertz CT molecular complexity index is 243. The van der Waals surface area contributed by atoms with Crippen LogP contribution in [0.15, 0.2) is 12.3 Å². The van der Waals surface area contributed by atoms with Crippen molar-refractivity contribution in [1.29, 1.82) is 0 Å². The second kappa shape index (κ2) is 3.37. The number of anilines is 1. The van der Waals surface area contributed by atoms with E-state index < -0.39 is 0 Å². The molecule has 0 saturated heterocycles. The molecule has 0 bridgehead atoms. The van der Waals surface area contributed by atoms with Crippen molar-refractivity contribution >= 4 is 5.69 Å². The van der Waals surface area contributed by atoms with Crippen molar-refractivity contribution in [1.82, 2.24) is 4.98 Å². The highest BCUT2D eigenvalue weighted by Gasteiger charge is 1.96. The first-order valence-corrected chi connectivity index (χ1v) is 3.91. The number of rotatable bonds is 2. The van der Waals surface area contributed by atoms with Gasteiger partial charge in [-0.2, -0.15) is 0 Å². The number of nitrogens with zero attached hydrogens (tertiary/aromatic N) is 1. The van der Waals surface area contributed by atoms with Gasteiger partial charge in [0.25, 0.3) is 0 Å². The lowest BCUT2D eigenvalue weighted by atomic mass is 10.2. The van der Waals surface area contributed by atoms with E-state index in [1.165, 1.54) is 11.3 Å². The van der Waals surface area contributed by atoms with E-state index in [1.54, 1.807) is 0 Å². The van der Waals surface area contributed by atoms with Gasteiger partial charge in [0.15, 0.2) is 0 Å². The monoisotopic (exact) mass is 150 g/mol. The fraction of sp³-hybridized carbons (Fsp3) is 0.444.